The molecule has 0 bridgehead atoms. The second kappa shape index (κ2) is 10.8. The Hall–Kier alpha value is -4.80. The van der Waals surface area contributed by atoms with Gasteiger partial charge in [0.15, 0.2) is 0 Å². The molecule has 0 saturated heterocycles. The number of amides is 4. The first-order valence-corrected chi connectivity index (χ1v) is 12.4. The average Bonchev–Trinajstić information content (AvgIpc) is 3.58. The standard InChI is InChI=1S/C29H25F3N4O4/c1-2-14-35-22-17-36(25(18-9-4-3-5-10-18)26(37)33-16-19-11-8-15-40-19)27(38)23(22)24(34-28(35)39)20-12-6-7-13-21(20)29(30,31)32/h2-13,15,24-25H,1,14,16-17H2,(H,33,37)(H,34,39)/t24-,25+/m0/s1. The summed E-state index contributed by atoms with van der Waals surface area (Å²) in [6.45, 7) is 3.57. The Bertz CT molecular complexity index is 1470. The quantitative estimate of drug-likeness (QED) is 0.398. The molecule has 2 aliphatic heterocycles. The number of hydrogen-bond donors (Lipinski definition) is 2. The van der Waals surface area contributed by atoms with E-state index in [9.17, 15) is 27.6 Å². The summed E-state index contributed by atoms with van der Waals surface area (Å²) in [4.78, 5) is 43.3. The Morgan fingerprint density at radius 3 is 2.50 bits per heavy atom. The van der Waals surface area contributed by atoms with Gasteiger partial charge >= 0.3 is 12.2 Å². The molecular formula is C29H25F3N4O4. The van der Waals surface area contributed by atoms with Crippen LogP contribution in [0.3, 0.4) is 0 Å². The molecule has 4 amide bonds. The molecule has 11 heteroatoms. The van der Waals surface area contributed by atoms with Crippen molar-refractivity contribution in [1.82, 2.24) is 20.4 Å². The van der Waals surface area contributed by atoms with Crippen molar-refractivity contribution in [2.75, 3.05) is 13.1 Å². The molecule has 0 spiro atoms. The highest BCUT2D eigenvalue weighted by Gasteiger charge is 2.49. The number of halogens is 3. The van der Waals surface area contributed by atoms with Gasteiger partial charge in [0.25, 0.3) is 5.91 Å². The summed E-state index contributed by atoms with van der Waals surface area (Å²) in [5.41, 5.74) is -0.544. The van der Waals surface area contributed by atoms with Crippen LogP contribution in [0.1, 0.15) is 34.5 Å². The lowest BCUT2D eigenvalue weighted by Gasteiger charge is -2.33. The Kier molecular flexibility index (Phi) is 7.20. The van der Waals surface area contributed by atoms with E-state index in [-0.39, 0.29) is 36.5 Å². The molecule has 8 nitrogen and oxygen atoms in total. The van der Waals surface area contributed by atoms with Crippen LogP contribution in [0.25, 0.3) is 0 Å². The van der Waals surface area contributed by atoms with Crippen LogP contribution in [0.4, 0.5) is 18.0 Å². The van der Waals surface area contributed by atoms with Crippen LogP contribution in [-0.2, 0) is 22.3 Å². The molecular weight excluding hydrogens is 525 g/mol. The van der Waals surface area contributed by atoms with E-state index in [1.54, 1.807) is 42.5 Å². The number of carbonyl (C=O) groups excluding carboxylic acids is 3. The first-order chi connectivity index (χ1) is 19.2. The van der Waals surface area contributed by atoms with Crippen molar-refractivity contribution < 1.29 is 32.0 Å². The summed E-state index contributed by atoms with van der Waals surface area (Å²) in [6.07, 6.45) is -1.80. The zero-order chi connectivity index (χ0) is 28.4. The molecule has 2 aliphatic rings. The summed E-state index contributed by atoms with van der Waals surface area (Å²) in [6, 6.07) is 13.5. The number of furan rings is 1. The van der Waals surface area contributed by atoms with E-state index in [0.29, 0.717) is 11.3 Å². The molecule has 0 unspecified atom stereocenters. The minimum atomic E-state index is -4.72. The summed E-state index contributed by atoms with van der Waals surface area (Å²) in [5.74, 6) is -0.674. The molecule has 0 radical (unpaired) electrons. The highest BCUT2D eigenvalue weighted by Crippen LogP contribution is 2.43. The minimum Gasteiger partial charge on any atom is -0.467 e. The Balaban J connectivity index is 1.57. The smallest absolute Gasteiger partial charge is 0.416 e. The van der Waals surface area contributed by atoms with Crippen LogP contribution >= 0.6 is 0 Å². The van der Waals surface area contributed by atoms with Gasteiger partial charge in [0.05, 0.1) is 42.2 Å². The summed E-state index contributed by atoms with van der Waals surface area (Å²) in [7, 11) is 0. The van der Waals surface area contributed by atoms with E-state index >= 15 is 0 Å². The molecule has 2 N–H and O–H groups in total. The fraction of sp³-hybridized carbons (Fsp3) is 0.207. The molecule has 0 fully saturated rings. The largest absolute Gasteiger partial charge is 0.467 e. The van der Waals surface area contributed by atoms with Crippen LogP contribution in [0.15, 0.2) is 101 Å². The van der Waals surface area contributed by atoms with Gasteiger partial charge in [-0.05, 0) is 29.3 Å². The molecule has 40 heavy (non-hydrogen) atoms. The van der Waals surface area contributed by atoms with Crippen molar-refractivity contribution >= 4 is 17.8 Å². The van der Waals surface area contributed by atoms with Crippen molar-refractivity contribution in [2.24, 2.45) is 0 Å². The Labute approximate surface area is 227 Å². The number of urea groups is 1. The SMILES string of the molecule is C=CCN1C(=O)N[C@@H](c2ccccc2C(F)(F)F)C2=C1CN([C@@H](C(=O)NCc1ccco1)c1ccccc1)C2=O. The fourth-order valence-corrected chi connectivity index (χ4v) is 5.08. The van der Waals surface area contributed by atoms with Gasteiger partial charge in [0.2, 0.25) is 5.91 Å². The number of nitrogens with one attached hydrogen (secondary N) is 2. The first-order valence-electron chi connectivity index (χ1n) is 12.4. The van der Waals surface area contributed by atoms with E-state index in [0.717, 1.165) is 6.07 Å². The van der Waals surface area contributed by atoms with Gasteiger partial charge < -0.3 is 20.0 Å². The average molecular weight is 551 g/mol. The lowest BCUT2D eigenvalue weighted by molar-refractivity contribution is -0.138. The summed E-state index contributed by atoms with van der Waals surface area (Å²) in [5, 5.41) is 5.35. The number of benzene rings is 2. The zero-order valence-electron chi connectivity index (χ0n) is 21.1. The third kappa shape index (κ3) is 4.97. The maximum Gasteiger partial charge on any atom is 0.416 e. The molecule has 5 rings (SSSR count). The molecule has 3 heterocycles. The monoisotopic (exact) mass is 550 g/mol. The summed E-state index contributed by atoms with van der Waals surface area (Å²) >= 11 is 0. The third-order valence-corrected chi connectivity index (χ3v) is 6.83. The second-order valence-corrected chi connectivity index (χ2v) is 9.27. The molecule has 0 aliphatic carbocycles. The van der Waals surface area contributed by atoms with Gasteiger partial charge in [-0.2, -0.15) is 13.2 Å². The highest BCUT2D eigenvalue weighted by atomic mass is 19.4. The Morgan fingerprint density at radius 1 is 1.10 bits per heavy atom. The van der Waals surface area contributed by atoms with Crippen molar-refractivity contribution in [3.63, 3.8) is 0 Å². The summed E-state index contributed by atoms with van der Waals surface area (Å²) < 4.78 is 47.2. The zero-order valence-corrected chi connectivity index (χ0v) is 21.1. The van der Waals surface area contributed by atoms with E-state index in [1.807, 2.05) is 0 Å². The molecule has 2 atom stereocenters. The van der Waals surface area contributed by atoms with Crippen LogP contribution < -0.4 is 10.6 Å². The first kappa shape index (κ1) is 26.8. The molecule has 206 valence electrons. The van der Waals surface area contributed by atoms with E-state index < -0.39 is 41.7 Å². The molecule has 3 aromatic rings. The van der Waals surface area contributed by atoms with E-state index in [4.69, 9.17) is 4.42 Å². The van der Waals surface area contributed by atoms with Crippen LogP contribution in [0.5, 0.6) is 0 Å². The van der Waals surface area contributed by atoms with Crippen LogP contribution in [-0.4, -0.2) is 40.7 Å². The van der Waals surface area contributed by atoms with Crippen LogP contribution in [0.2, 0.25) is 0 Å². The van der Waals surface area contributed by atoms with E-state index in [2.05, 4.69) is 17.2 Å². The molecule has 0 saturated carbocycles. The number of carbonyl (C=O) groups is 3. The normalized spacial score (nSPS) is 17.9. The number of hydrogen-bond acceptors (Lipinski definition) is 4. The van der Waals surface area contributed by atoms with Crippen molar-refractivity contribution in [3.8, 4) is 0 Å². The second-order valence-electron chi connectivity index (χ2n) is 9.27. The Morgan fingerprint density at radius 2 is 1.82 bits per heavy atom. The molecule has 2 aromatic carbocycles. The van der Waals surface area contributed by atoms with Gasteiger partial charge in [0, 0.05) is 6.54 Å². The topological polar surface area (TPSA) is 94.9 Å². The van der Waals surface area contributed by atoms with Crippen LogP contribution in [0, 0.1) is 0 Å². The van der Waals surface area contributed by atoms with Crippen molar-refractivity contribution in [1.29, 1.82) is 0 Å². The number of nitrogens with zero attached hydrogens (tertiary/aromatic N) is 2. The maximum atomic E-state index is 14.1. The number of alkyl halides is 3. The number of rotatable bonds is 8. The molecule has 1 aromatic heterocycles. The predicted octanol–water partition coefficient (Wildman–Crippen LogP) is 4.70. The highest BCUT2D eigenvalue weighted by molar-refractivity contribution is 6.04. The fourth-order valence-electron chi connectivity index (χ4n) is 5.08. The van der Waals surface area contributed by atoms with Gasteiger partial charge in [-0.1, -0.05) is 54.6 Å². The van der Waals surface area contributed by atoms with Crippen molar-refractivity contribution in [2.45, 2.75) is 24.8 Å². The lowest BCUT2D eigenvalue weighted by atomic mass is 9.91. The van der Waals surface area contributed by atoms with Gasteiger partial charge in [-0.25, -0.2) is 4.79 Å². The van der Waals surface area contributed by atoms with E-state index in [1.165, 1.54) is 40.3 Å². The lowest BCUT2D eigenvalue weighted by Crippen LogP contribution is -2.47. The van der Waals surface area contributed by atoms with Gasteiger partial charge in [-0.3, -0.25) is 14.5 Å². The third-order valence-electron chi connectivity index (χ3n) is 6.83. The van der Waals surface area contributed by atoms with Crippen molar-refractivity contribution in [3.05, 3.63) is 119 Å². The maximum absolute atomic E-state index is 14.1. The predicted molar refractivity (Wildman–Crippen MR) is 138 cm³/mol. The van der Waals surface area contributed by atoms with Gasteiger partial charge in [0.1, 0.15) is 11.8 Å². The van der Waals surface area contributed by atoms with Gasteiger partial charge in [-0.15, -0.1) is 6.58 Å². The minimum absolute atomic E-state index is 0.0140.